The number of benzene rings is 1. The summed E-state index contributed by atoms with van der Waals surface area (Å²) in [7, 11) is 0. The standard InChI is InChI=1S/C11H13NO2.ClH/c1-7-3-4-9(8(2)5-7)10-6-14-11(13)12-10;/h3-5,10H,6H2,1-2H3,(H,12,13);1H/t10-;/m1./s1. The molecule has 0 bridgehead atoms. The second-order valence-electron chi connectivity index (χ2n) is 3.66. The highest BCUT2D eigenvalue weighted by Gasteiger charge is 2.24. The second-order valence-corrected chi connectivity index (χ2v) is 3.66. The molecule has 1 atom stereocenters. The van der Waals surface area contributed by atoms with E-state index in [1.807, 2.05) is 19.1 Å². The maximum absolute atomic E-state index is 10.9. The van der Waals surface area contributed by atoms with Crippen LogP contribution in [0, 0.1) is 13.8 Å². The van der Waals surface area contributed by atoms with Crippen LogP contribution in [0.1, 0.15) is 22.7 Å². The van der Waals surface area contributed by atoms with Crippen LogP contribution in [-0.4, -0.2) is 12.7 Å². The molecule has 1 aromatic carbocycles. The molecule has 3 nitrogen and oxygen atoms in total. The molecule has 1 aliphatic rings. The number of nitrogens with one attached hydrogen (secondary N) is 1. The Morgan fingerprint density at radius 2 is 2.13 bits per heavy atom. The third-order valence-corrected chi connectivity index (χ3v) is 2.47. The molecule has 1 fully saturated rings. The van der Waals surface area contributed by atoms with Crippen molar-refractivity contribution in [1.82, 2.24) is 5.32 Å². The van der Waals surface area contributed by atoms with E-state index in [0.717, 1.165) is 5.56 Å². The van der Waals surface area contributed by atoms with E-state index in [1.165, 1.54) is 11.1 Å². The number of halogens is 1. The summed E-state index contributed by atoms with van der Waals surface area (Å²) in [4.78, 5) is 10.9. The Morgan fingerprint density at radius 1 is 1.40 bits per heavy atom. The van der Waals surface area contributed by atoms with Crippen LogP contribution < -0.4 is 5.32 Å². The first-order chi connectivity index (χ1) is 6.66. The number of rotatable bonds is 1. The molecular formula is C11H14ClNO2. The van der Waals surface area contributed by atoms with Gasteiger partial charge in [-0.25, -0.2) is 4.79 Å². The van der Waals surface area contributed by atoms with Crippen LogP contribution in [0.5, 0.6) is 0 Å². The minimum absolute atomic E-state index is 0. The molecule has 0 aliphatic carbocycles. The fourth-order valence-corrected chi connectivity index (χ4v) is 1.77. The van der Waals surface area contributed by atoms with E-state index in [2.05, 4.69) is 18.3 Å². The Kier molecular flexibility index (Phi) is 3.58. The number of hydrogen-bond acceptors (Lipinski definition) is 2. The van der Waals surface area contributed by atoms with Crippen molar-refractivity contribution in [3.05, 3.63) is 34.9 Å². The van der Waals surface area contributed by atoms with Crippen molar-refractivity contribution in [3.63, 3.8) is 0 Å². The lowest BCUT2D eigenvalue weighted by atomic mass is 10.0. The predicted molar refractivity (Wildman–Crippen MR) is 60.4 cm³/mol. The third kappa shape index (κ3) is 2.42. The highest BCUT2D eigenvalue weighted by atomic mass is 35.5. The first-order valence-electron chi connectivity index (χ1n) is 4.67. The lowest BCUT2D eigenvalue weighted by molar-refractivity contribution is 0.177. The zero-order valence-electron chi connectivity index (χ0n) is 8.74. The molecule has 1 saturated heterocycles. The summed E-state index contributed by atoms with van der Waals surface area (Å²) in [5.74, 6) is 0. The highest BCUT2D eigenvalue weighted by Crippen LogP contribution is 2.22. The summed E-state index contributed by atoms with van der Waals surface area (Å²) in [6.07, 6.45) is -0.324. The molecule has 0 radical (unpaired) electrons. The number of carbonyl (C=O) groups excluding carboxylic acids is 1. The quantitative estimate of drug-likeness (QED) is 0.801. The molecule has 1 heterocycles. The van der Waals surface area contributed by atoms with Gasteiger partial charge in [0.25, 0.3) is 0 Å². The number of carbonyl (C=O) groups is 1. The van der Waals surface area contributed by atoms with Crippen LogP contribution >= 0.6 is 12.4 Å². The molecule has 0 spiro atoms. The zero-order chi connectivity index (χ0) is 10.1. The van der Waals surface area contributed by atoms with Crippen LogP contribution in [0.25, 0.3) is 0 Å². The van der Waals surface area contributed by atoms with Gasteiger partial charge in [0.05, 0.1) is 6.04 Å². The Morgan fingerprint density at radius 3 is 2.67 bits per heavy atom. The van der Waals surface area contributed by atoms with Crippen LogP contribution in [0.4, 0.5) is 4.79 Å². The average molecular weight is 228 g/mol. The fourth-order valence-electron chi connectivity index (χ4n) is 1.77. The SMILES string of the molecule is Cc1ccc([C@H]2COC(=O)N2)c(C)c1.Cl. The number of cyclic esters (lactones) is 1. The van der Waals surface area contributed by atoms with Crippen molar-refractivity contribution < 1.29 is 9.53 Å². The van der Waals surface area contributed by atoms with Gasteiger partial charge in [0.1, 0.15) is 6.61 Å². The molecule has 1 N–H and O–H groups in total. The molecule has 1 amide bonds. The molecule has 82 valence electrons. The molecule has 1 aromatic rings. The van der Waals surface area contributed by atoms with Gasteiger partial charge in [0.2, 0.25) is 0 Å². The Labute approximate surface area is 95.2 Å². The topological polar surface area (TPSA) is 38.3 Å². The van der Waals surface area contributed by atoms with Gasteiger partial charge in [0.15, 0.2) is 0 Å². The maximum Gasteiger partial charge on any atom is 0.407 e. The molecular weight excluding hydrogens is 214 g/mol. The normalized spacial score (nSPS) is 19.1. The largest absolute Gasteiger partial charge is 0.447 e. The van der Waals surface area contributed by atoms with E-state index in [4.69, 9.17) is 4.74 Å². The molecule has 0 unspecified atom stereocenters. The number of hydrogen-bond donors (Lipinski definition) is 1. The van der Waals surface area contributed by atoms with E-state index in [9.17, 15) is 4.79 Å². The van der Waals surface area contributed by atoms with Gasteiger partial charge >= 0.3 is 6.09 Å². The Hall–Kier alpha value is -1.22. The lowest BCUT2D eigenvalue weighted by Gasteiger charge is -2.11. The van der Waals surface area contributed by atoms with Crippen LogP contribution in [0.15, 0.2) is 18.2 Å². The molecule has 4 heteroatoms. The van der Waals surface area contributed by atoms with Crippen molar-refractivity contribution in [1.29, 1.82) is 0 Å². The van der Waals surface area contributed by atoms with Crippen LogP contribution in [-0.2, 0) is 4.74 Å². The first kappa shape index (κ1) is 11.9. The Bertz CT molecular complexity index is 379. The summed E-state index contributed by atoms with van der Waals surface area (Å²) in [6.45, 7) is 4.54. The summed E-state index contributed by atoms with van der Waals surface area (Å²) in [5, 5.41) is 2.77. The van der Waals surface area contributed by atoms with Crippen LogP contribution in [0.3, 0.4) is 0 Å². The van der Waals surface area contributed by atoms with Crippen molar-refractivity contribution in [3.8, 4) is 0 Å². The summed E-state index contributed by atoms with van der Waals surface area (Å²) in [6, 6.07) is 6.22. The van der Waals surface area contributed by atoms with Gasteiger partial charge in [-0.1, -0.05) is 23.8 Å². The summed E-state index contributed by atoms with van der Waals surface area (Å²) >= 11 is 0. The van der Waals surface area contributed by atoms with Gasteiger partial charge in [-0.05, 0) is 25.0 Å². The van der Waals surface area contributed by atoms with E-state index >= 15 is 0 Å². The van der Waals surface area contributed by atoms with E-state index in [0.29, 0.717) is 6.61 Å². The molecule has 0 aromatic heterocycles. The van der Waals surface area contributed by atoms with Gasteiger partial charge in [-0.3, -0.25) is 0 Å². The molecule has 2 rings (SSSR count). The second kappa shape index (κ2) is 4.53. The van der Waals surface area contributed by atoms with E-state index < -0.39 is 0 Å². The minimum atomic E-state index is -0.324. The van der Waals surface area contributed by atoms with Crippen molar-refractivity contribution in [2.24, 2.45) is 0 Å². The lowest BCUT2D eigenvalue weighted by Crippen LogP contribution is -2.19. The van der Waals surface area contributed by atoms with E-state index in [-0.39, 0.29) is 24.5 Å². The fraction of sp³-hybridized carbons (Fsp3) is 0.364. The van der Waals surface area contributed by atoms with E-state index in [1.54, 1.807) is 0 Å². The summed E-state index contributed by atoms with van der Waals surface area (Å²) in [5.41, 5.74) is 3.57. The smallest absolute Gasteiger partial charge is 0.407 e. The summed E-state index contributed by atoms with van der Waals surface area (Å²) < 4.78 is 4.86. The number of alkyl carbamates (subject to hydrolysis) is 1. The zero-order valence-corrected chi connectivity index (χ0v) is 9.56. The average Bonchev–Trinajstić information content (AvgIpc) is 2.51. The van der Waals surface area contributed by atoms with Crippen molar-refractivity contribution in [2.75, 3.05) is 6.61 Å². The van der Waals surface area contributed by atoms with Crippen LogP contribution in [0.2, 0.25) is 0 Å². The monoisotopic (exact) mass is 227 g/mol. The molecule has 15 heavy (non-hydrogen) atoms. The predicted octanol–water partition coefficient (Wildman–Crippen LogP) is 2.51. The number of amides is 1. The number of ether oxygens (including phenoxy) is 1. The molecule has 1 aliphatic heterocycles. The van der Waals surface area contributed by atoms with Crippen molar-refractivity contribution >= 4 is 18.5 Å². The third-order valence-electron chi connectivity index (χ3n) is 2.47. The Balaban J connectivity index is 0.00000112. The number of aryl methyl sites for hydroxylation is 2. The minimum Gasteiger partial charge on any atom is -0.447 e. The highest BCUT2D eigenvalue weighted by molar-refractivity contribution is 5.85. The first-order valence-corrected chi connectivity index (χ1v) is 4.67. The van der Waals surface area contributed by atoms with Gasteiger partial charge in [-0.2, -0.15) is 0 Å². The van der Waals surface area contributed by atoms with Gasteiger partial charge in [-0.15, -0.1) is 12.4 Å². The molecule has 0 saturated carbocycles. The van der Waals surface area contributed by atoms with Gasteiger partial charge < -0.3 is 10.1 Å². The maximum atomic E-state index is 10.9. The van der Waals surface area contributed by atoms with Gasteiger partial charge in [0, 0.05) is 0 Å². The van der Waals surface area contributed by atoms with Crippen molar-refractivity contribution in [2.45, 2.75) is 19.9 Å².